The van der Waals surface area contributed by atoms with Crippen LogP contribution in [-0.4, -0.2) is 43.3 Å². The highest BCUT2D eigenvalue weighted by atomic mass is 35.5. The number of benzene rings is 1. The Morgan fingerprint density at radius 3 is 2.50 bits per heavy atom. The molecule has 24 heavy (non-hydrogen) atoms. The summed E-state index contributed by atoms with van der Waals surface area (Å²) in [7, 11) is 2.91. The number of ether oxygens (including phenoxy) is 2. The fourth-order valence-corrected chi connectivity index (χ4v) is 2.21. The Bertz CT molecular complexity index is 791. The van der Waals surface area contributed by atoms with Crippen LogP contribution in [0.5, 0.6) is 17.2 Å². The van der Waals surface area contributed by atoms with Crippen LogP contribution in [-0.2, 0) is 0 Å². The zero-order chi connectivity index (χ0) is 17.0. The van der Waals surface area contributed by atoms with Gasteiger partial charge in [0.25, 0.3) is 11.5 Å². The molecule has 0 bridgehead atoms. The third-order valence-electron chi connectivity index (χ3n) is 3.38. The van der Waals surface area contributed by atoms with Crippen molar-refractivity contribution in [1.82, 2.24) is 10.3 Å². The number of carbonyl (C=O) groups excluding carboxylic acids is 1. The van der Waals surface area contributed by atoms with Gasteiger partial charge in [-0.05, 0) is 19.0 Å². The molecule has 0 aliphatic heterocycles. The van der Waals surface area contributed by atoms with Gasteiger partial charge in [-0.15, -0.1) is 12.4 Å². The molecule has 8 nitrogen and oxygen atoms in total. The van der Waals surface area contributed by atoms with Crippen molar-refractivity contribution in [1.29, 1.82) is 0 Å². The second-order valence-corrected chi connectivity index (χ2v) is 4.83. The SMILES string of the molecule is COc1cc2[nH]c(=O)c(C(=O)NCCCN)c(O)c2cc1OC.Cl. The zero-order valence-corrected chi connectivity index (χ0v) is 14.2. The maximum absolute atomic E-state index is 12.1. The number of amides is 1. The molecule has 0 fully saturated rings. The van der Waals surface area contributed by atoms with Gasteiger partial charge in [-0.1, -0.05) is 0 Å². The van der Waals surface area contributed by atoms with Crippen LogP contribution in [0.15, 0.2) is 16.9 Å². The van der Waals surface area contributed by atoms with E-state index >= 15 is 0 Å². The van der Waals surface area contributed by atoms with E-state index in [-0.39, 0.29) is 23.4 Å². The Labute approximate surface area is 144 Å². The van der Waals surface area contributed by atoms with E-state index in [1.807, 2.05) is 0 Å². The maximum atomic E-state index is 12.1. The van der Waals surface area contributed by atoms with E-state index in [4.69, 9.17) is 15.2 Å². The highest BCUT2D eigenvalue weighted by Gasteiger charge is 2.20. The minimum Gasteiger partial charge on any atom is -0.506 e. The number of hydrogen-bond acceptors (Lipinski definition) is 6. The summed E-state index contributed by atoms with van der Waals surface area (Å²) in [5.41, 5.74) is 4.66. The van der Waals surface area contributed by atoms with Gasteiger partial charge in [0.1, 0.15) is 11.3 Å². The topological polar surface area (TPSA) is 127 Å². The number of methoxy groups -OCH3 is 2. The summed E-state index contributed by atoms with van der Waals surface area (Å²) in [6.07, 6.45) is 0.572. The Hall–Kier alpha value is -2.45. The molecule has 0 saturated carbocycles. The second kappa shape index (κ2) is 8.42. The number of nitrogens with two attached hydrogens (primary N) is 1. The number of aromatic nitrogens is 1. The van der Waals surface area contributed by atoms with E-state index in [2.05, 4.69) is 10.3 Å². The molecule has 1 heterocycles. The molecule has 0 radical (unpaired) electrons. The molecule has 0 unspecified atom stereocenters. The summed E-state index contributed by atoms with van der Waals surface area (Å²) >= 11 is 0. The molecular formula is C15H20ClN3O5. The van der Waals surface area contributed by atoms with Gasteiger partial charge < -0.3 is 30.6 Å². The van der Waals surface area contributed by atoms with Crippen molar-refractivity contribution >= 4 is 29.2 Å². The van der Waals surface area contributed by atoms with E-state index in [9.17, 15) is 14.7 Å². The lowest BCUT2D eigenvalue weighted by Crippen LogP contribution is -2.31. The van der Waals surface area contributed by atoms with Crippen LogP contribution in [0.2, 0.25) is 0 Å². The molecule has 1 aromatic carbocycles. The van der Waals surface area contributed by atoms with Crippen molar-refractivity contribution in [2.24, 2.45) is 5.73 Å². The number of aromatic hydroxyl groups is 1. The van der Waals surface area contributed by atoms with Gasteiger partial charge in [-0.25, -0.2) is 0 Å². The number of hydrogen-bond donors (Lipinski definition) is 4. The van der Waals surface area contributed by atoms with E-state index < -0.39 is 17.2 Å². The van der Waals surface area contributed by atoms with Crippen molar-refractivity contribution in [3.05, 3.63) is 28.0 Å². The molecule has 2 rings (SSSR count). The van der Waals surface area contributed by atoms with Gasteiger partial charge in [0.2, 0.25) is 0 Å². The molecular weight excluding hydrogens is 338 g/mol. The Balaban J connectivity index is 0.00000288. The molecule has 1 amide bonds. The molecule has 9 heteroatoms. The highest BCUT2D eigenvalue weighted by molar-refractivity contribution is 6.02. The third-order valence-corrected chi connectivity index (χ3v) is 3.38. The average Bonchev–Trinajstić information content (AvgIpc) is 2.54. The van der Waals surface area contributed by atoms with Crippen LogP contribution in [0.25, 0.3) is 10.9 Å². The molecule has 2 aromatic rings. The minimum absolute atomic E-state index is 0. The number of carbonyl (C=O) groups is 1. The van der Waals surface area contributed by atoms with Crippen LogP contribution in [0.4, 0.5) is 0 Å². The van der Waals surface area contributed by atoms with Crippen molar-refractivity contribution < 1.29 is 19.4 Å². The number of nitrogens with one attached hydrogen (secondary N) is 2. The summed E-state index contributed by atoms with van der Waals surface area (Å²) in [5.74, 6) is -0.295. The lowest BCUT2D eigenvalue weighted by Gasteiger charge is -2.12. The molecule has 5 N–H and O–H groups in total. The first-order valence-electron chi connectivity index (χ1n) is 7.02. The fraction of sp³-hybridized carbons (Fsp3) is 0.333. The van der Waals surface area contributed by atoms with Gasteiger partial charge >= 0.3 is 0 Å². The van der Waals surface area contributed by atoms with Crippen molar-refractivity contribution in [3.63, 3.8) is 0 Å². The van der Waals surface area contributed by atoms with Crippen molar-refractivity contribution in [2.45, 2.75) is 6.42 Å². The van der Waals surface area contributed by atoms with Crippen LogP contribution in [0, 0.1) is 0 Å². The normalized spacial score (nSPS) is 10.1. The summed E-state index contributed by atoms with van der Waals surface area (Å²) in [4.78, 5) is 26.8. The summed E-state index contributed by atoms with van der Waals surface area (Å²) < 4.78 is 10.3. The molecule has 0 atom stereocenters. The van der Waals surface area contributed by atoms with Gasteiger partial charge in [0, 0.05) is 18.0 Å². The predicted octanol–water partition coefficient (Wildman–Crippen LogP) is 0.751. The molecule has 0 aliphatic rings. The zero-order valence-electron chi connectivity index (χ0n) is 13.3. The maximum Gasteiger partial charge on any atom is 0.265 e. The number of fused-ring (bicyclic) bond motifs is 1. The van der Waals surface area contributed by atoms with Crippen LogP contribution < -0.4 is 26.1 Å². The van der Waals surface area contributed by atoms with E-state index in [1.165, 1.54) is 26.4 Å². The molecule has 132 valence electrons. The lowest BCUT2D eigenvalue weighted by atomic mass is 10.1. The first-order valence-corrected chi connectivity index (χ1v) is 7.02. The Morgan fingerprint density at radius 2 is 1.92 bits per heavy atom. The van der Waals surface area contributed by atoms with Crippen LogP contribution in [0.3, 0.4) is 0 Å². The lowest BCUT2D eigenvalue weighted by molar-refractivity contribution is 0.0949. The molecule has 0 aliphatic carbocycles. The largest absolute Gasteiger partial charge is 0.506 e. The Kier molecular flexibility index (Phi) is 6.87. The molecule has 1 aromatic heterocycles. The first kappa shape index (κ1) is 19.6. The summed E-state index contributed by atoms with van der Waals surface area (Å²) in [6, 6.07) is 3.02. The number of rotatable bonds is 6. The van der Waals surface area contributed by atoms with Gasteiger partial charge in [0.05, 0.1) is 19.7 Å². The van der Waals surface area contributed by atoms with Crippen LogP contribution >= 0.6 is 12.4 Å². The summed E-state index contributed by atoms with van der Waals surface area (Å²) in [5, 5.41) is 13.2. The number of aromatic amines is 1. The van der Waals surface area contributed by atoms with Gasteiger partial charge in [-0.3, -0.25) is 9.59 Å². The van der Waals surface area contributed by atoms with E-state index in [1.54, 1.807) is 0 Å². The monoisotopic (exact) mass is 357 g/mol. The molecule has 0 saturated heterocycles. The van der Waals surface area contributed by atoms with Crippen LogP contribution in [0.1, 0.15) is 16.8 Å². The third kappa shape index (κ3) is 3.72. The second-order valence-electron chi connectivity index (χ2n) is 4.83. The predicted molar refractivity (Wildman–Crippen MR) is 92.6 cm³/mol. The smallest absolute Gasteiger partial charge is 0.265 e. The Morgan fingerprint density at radius 1 is 1.29 bits per heavy atom. The standard InChI is InChI=1S/C15H19N3O5.ClH/c1-22-10-6-8-9(7-11(10)23-2)18-15(21)12(13(8)19)14(20)17-5-3-4-16;/h6-7H,3-5,16H2,1-2H3,(H,17,20)(H2,18,19,21);1H. The minimum atomic E-state index is -0.688. The number of halogens is 1. The first-order chi connectivity index (χ1) is 11.0. The average molecular weight is 358 g/mol. The van der Waals surface area contributed by atoms with E-state index in [0.717, 1.165) is 0 Å². The van der Waals surface area contributed by atoms with Crippen molar-refractivity contribution in [2.75, 3.05) is 27.3 Å². The van der Waals surface area contributed by atoms with E-state index in [0.29, 0.717) is 36.5 Å². The summed E-state index contributed by atoms with van der Waals surface area (Å²) in [6.45, 7) is 0.732. The van der Waals surface area contributed by atoms with Crippen molar-refractivity contribution in [3.8, 4) is 17.2 Å². The number of H-pyrrole nitrogens is 1. The number of pyridine rings is 1. The highest BCUT2D eigenvalue weighted by Crippen LogP contribution is 2.35. The quantitative estimate of drug-likeness (QED) is 0.565. The molecule has 0 spiro atoms. The van der Waals surface area contributed by atoms with Gasteiger partial charge in [0.15, 0.2) is 11.5 Å². The van der Waals surface area contributed by atoms with Gasteiger partial charge in [-0.2, -0.15) is 0 Å². The fourth-order valence-electron chi connectivity index (χ4n) is 2.21.